The first kappa shape index (κ1) is 17.7. The van der Waals surface area contributed by atoms with Crippen molar-refractivity contribution >= 4 is 17.5 Å². The smallest absolute Gasteiger partial charge is 0.262 e. The number of ether oxygens (including phenoxy) is 2. The van der Waals surface area contributed by atoms with Gasteiger partial charge in [-0.3, -0.25) is 9.59 Å². The van der Waals surface area contributed by atoms with Crippen LogP contribution in [0.5, 0.6) is 5.75 Å². The highest BCUT2D eigenvalue weighted by molar-refractivity contribution is 5.99. The number of amides is 2. The molecular formula is C18H24N2O5. The first-order chi connectivity index (χ1) is 12.1. The number of hydrogen-bond acceptors (Lipinski definition) is 5. The average Bonchev–Trinajstić information content (AvgIpc) is 2.65. The van der Waals surface area contributed by atoms with Gasteiger partial charge in [0.1, 0.15) is 5.75 Å². The molecule has 1 saturated heterocycles. The Morgan fingerprint density at radius 3 is 3.08 bits per heavy atom. The molecule has 1 atom stereocenters. The minimum absolute atomic E-state index is 0.0411. The van der Waals surface area contributed by atoms with E-state index in [2.05, 4.69) is 5.32 Å². The lowest BCUT2D eigenvalue weighted by atomic mass is 9.78. The van der Waals surface area contributed by atoms with Crippen molar-refractivity contribution in [1.82, 2.24) is 4.90 Å². The summed E-state index contributed by atoms with van der Waals surface area (Å²) < 4.78 is 10.5. The number of aliphatic hydroxyl groups excluding tert-OH is 1. The van der Waals surface area contributed by atoms with E-state index in [0.29, 0.717) is 36.7 Å². The SMILES string of the molecule is COCC[C@@]1(CO)CCCN(C(=O)c2ccc3c(c2)OCC(=O)N3)C1. The van der Waals surface area contributed by atoms with Gasteiger partial charge in [0.25, 0.3) is 11.8 Å². The maximum absolute atomic E-state index is 12.9. The molecule has 0 saturated carbocycles. The molecule has 1 aromatic carbocycles. The number of fused-ring (bicyclic) bond motifs is 1. The molecule has 136 valence electrons. The van der Waals surface area contributed by atoms with Crippen LogP contribution in [0, 0.1) is 5.41 Å². The molecule has 25 heavy (non-hydrogen) atoms. The second-order valence-electron chi connectivity index (χ2n) is 6.78. The number of rotatable bonds is 5. The Kier molecular flexibility index (Phi) is 5.24. The summed E-state index contributed by atoms with van der Waals surface area (Å²) in [5.74, 6) is 0.224. The van der Waals surface area contributed by atoms with Crippen LogP contribution in [0.4, 0.5) is 5.69 Å². The Hall–Kier alpha value is -2.12. The first-order valence-corrected chi connectivity index (χ1v) is 8.53. The van der Waals surface area contributed by atoms with Crippen LogP contribution in [-0.2, 0) is 9.53 Å². The fraction of sp³-hybridized carbons (Fsp3) is 0.556. The van der Waals surface area contributed by atoms with Crippen LogP contribution in [0.25, 0.3) is 0 Å². The molecule has 1 aromatic rings. The van der Waals surface area contributed by atoms with E-state index in [0.717, 1.165) is 19.3 Å². The number of carbonyl (C=O) groups is 2. The molecular weight excluding hydrogens is 324 g/mol. The summed E-state index contributed by atoms with van der Waals surface area (Å²) in [5.41, 5.74) is 0.800. The lowest BCUT2D eigenvalue weighted by molar-refractivity contribution is -0.118. The van der Waals surface area contributed by atoms with Gasteiger partial charge in [0.05, 0.1) is 12.3 Å². The van der Waals surface area contributed by atoms with E-state index in [9.17, 15) is 14.7 Å². The van der Waals surface area contributed by atoms with E-state index in [4.69, 9.17) is 9.47 Å². The summed E-state index contributed by atoms with van der Waals surface area (Å²) in [5, 5.41) is 12.6. The van der Waals surface area contributed by atoms with Crippen molar-refractivity contribution in [2.24, 2.45) is 5.41 Å². The number of benzene rings is 1. The summed E-state index contributed by atoms with van der Waals surface area (Å²) in [6, 6.07) is 5.05. The predicted molar refractivity (Wildman–Crippen MR) is 91.7 cm³/mol. The van der Waals surface area contributed by atoms with Crippen molar-refractivity contribution in [3.63, 3.8) is 0 Å². The second-order valence-corrected chi connectivity index (χ2v) is 6.78. The third-order valence-electron chi connectivity index (χ3n) is 4.98. The molecule has 1 fully saturated rings. The van der Waals surface area contributed by atoms with Crippen LogP contribution >= 0.6 is 0 Å². The number of aliphatic hydroxyl groups is 1. The summed E-state index contributed by atoms with van der Waals surface area (Å²) >= 11 is 0. The van der Waals surface area contributed by atoms with E-state index in [-0.39, 0.29) is 30.4 Å². The number of anilines is 1. The van der Waals surface area contributed by atoms with Gasteiger partial charge in [0.2, 0.25) is 0 Å². The molecule has 2 N–H and O–H groups in total. The topological polar surface area (TPSA) is 88.1 Å². The number of hydrogen-bond donors (Lipinski definition) is 2. The zero-order valence-corrected chi connectivity index (χ0v) is 14.4. The largest absolute Gasteiger partial charge is 0.482 e. The summed E-state index contributed by atoms with van der Waals surface area (Å²) in [6.45, 7) is 1.75. The van der Waals surface area contributed by atoms with Crippen LogP contribution in [0.2, 0.25) is 0 Å². The zero-order valence-electron chi connectivity index (χ0n) is 14.4. The molecule has 0 bridgehead atoms. The van der Waals surface area contributed by atoms with E-state index in [1.54, 1.807) is 30.2 Å². The third kappa shape index (κ3) is 3.77. The second kappa shape index (κ2) is 7.41. The van der Waals surface area contributed by atoms with Crippen molar-refractivity contribution in [2.45, 2.75) is 19.3 Å². The highest BCUT2D eigenvalue weighted by Crippen LogP contribution is 2.35. The van der Waals surface area contributed by atoms with Gasteiger partial charge in [-0.1, -0.05) is 0 Å². The van der Waals surface area contributed by atoms with Gasteiger partial charge in [-0.2, -0.15) is 0 Å². The molecule has 3 rings (SSSR count). The maximum Gasteiger partial charge on any atom is 0.262 e. The lowest BCUT2D eigenvalue weighted by Crippen LogP contribution is -2.48. The van der Waals surface area contributed by atoms with Crippen LogP contribution in [0.15, 0.2) is 18.2 Å². The Morgan fingerprint density at radius 2 is 2.32 bits per heavy atom. The van der Waals surface area contributed by atoms with Crippen molar-refractivity contribution in [2.75, 3.05) is 45.3 Å². The van der Waals surface area contributed by atoms with Gasteiger partial charge < -0.3 is 24.8 Å². The predicted octanol–water partition coefficient (Wildman–Crippen LogP) is 1.27. The van der Waals surface area contributed by atoms with E-state index >= 15 is 0 Å². The average molecular weight is 348 g/mol. The van der Waals surface area contributed by atoms with Crippen LogP contribution in [0.3, 0.4) is 0 Å². The summed E-state index contributed by atoms with van der Waals surface area (Å²) in [4.78, 5) is 26.0. The Balaban J connectivity index is 1.75. The third-order valence-corrected chi connectivity index (χ3v) is 4.98. The van der Waals surface area contributed by atoms with Gasteiger partial charge in [-0.25, -0.2) is 0 Å². The van der Waals surface area contributed by atoms with E-state index in [1.807, 2.05) is 0 Å². The standard InChI is InChI=1S/C18H24N2O5/c1-24-8-6-18(12-21)5-2-7-20(11-18)17(23)13-3-4-14-15(9-13)25-10-16(22)19-14/h3-4,9,21H,2,5-8,10-12H2,1H3,(H,19,22)/t18-/m0/s1. The highest BCUT2D eigenvalue weighted by atomic mass is 16.5. The first-order valence-electron chi connectivity index (χ1n) is 8.53. The summed E-state index contributed by atoms with van der Waals surface area (Å²) in [6.07, 6.45) is 2.46. The van der Waals surface area contributed by atoms with Crippen molar-refractivity contribution in [3.8, 4) is 5.75 Å². The molecule has 0 unspecified atom stereocenters. The molecule has 2 aliphatic heterocycles. The number of carbonyl (C=O) groups excluding carboxylic acids is 2. The molecule has 7 nitrogen and oxygen atoms in total. The van der Waals surface area contributed by atoms with Crippen LogP contribution in [0.1, 0.15) is 29.6 Å². The molecule has 2 heterocycles. The minimum atomic E-state index is -0.303. The molecule has 7 heteroatoms. The van der Waals surface area contributed by atoms with Crippen LogP contribution in [-0.4, -0.2) is 61.8 Å². The normalized spacial score (nSPS) is 22.8. The van der Waals surface area contributed by atoms with Crippen LogP contribution < -0.4 is 10.1 Å². The molecule has 2 amide bonds. The number of nitrogens with one attached hydrogen (secondary N) is 1. The molecule has 2 aliphatic rings. The number of piperidine rings is 1. The fourth-order valence-corrected chi connectivity index (χ4v) is 3.50. The molecule has 0 aromatic heterocycles. The van der Waals surface area contributed by atoms with Crippen molar-refractivity contribution in [1.29, 1.82) is 0 Å². The molecule has 0 spiro atoms. The fourth-order valence-electron chi connectivity index (χ4n) is 3.50. The Morgan fingerprint density at radius 1 is 1.48 bits per heavy atom. The van der Waals surface area contributed by atoms with E-state index < -0.39 is 0 Å². The van der Waals surface area contributed by atoms with Gasteiger partial charge in [0.15, 0.2) is 6.61 Å². The van der Waals surface area contributed by atoms with Gasteiger partial charge in [-0.05, 0) is 37.5 Å². The lowest BCUT2D eigenvalue weighted by Gasteiger charge is -2.42. The Bertz CT molecular complexity index is 663. The molecule has 0 radical (unpaired) electrons. The number of likely N-dealkylation sites (tertiary alicyclic amines) is 1. The maximum atomic E-state index is 12.9. The number of methoxy groups -OCH3 is 1. The Labute approximate surface area is 146 Å². The highest BCUT2D eigenvalue weighted by Gasteiger charge is 2.36. The zero-order chi connectivity index (χ0) is 17.9. The van der Waals surface area contributed by atoms with Gasteiger partial charge >= 0.3 is 0 Å². The van der Waals surface area contributed by atoms with Crippen molar-refractivity contribution in [3.05, 3.63) is 23.8 Å². The van der Waals surface area contributed by atoms with Gasteiger partial charge in [0, 0.05) is 37.8 Å². The monoisotopic (exact) mass is 348 g/mol. The minimum Gasteiger partial charge on any atom is -0.482 e. The van der Waals surface area contributed by atoms with Gasteiger partial charge in [-0.15, -0.1) is 0 Å². The quantitative estimate of drug-likeness (QED) is 0.837. The van der Waals surface area contributed by atoms with Crippen molar-refractivity contribution < 1.29 is 24.2 Å². The number of nitrogens with zero attached hydrogens (tertiary/aromatic N) is 1. The summed E-state index contributed by atoms with van der Waals surface area (Å²) in [7, 11) is 1.64. The van der Waals surface area contributed by atoms with E-state index in [1.165, 1.54) is 0 Å². The molecule has 0 aliphatic carbocycles.